The van der Waals surface area contributed by atoms with Gasteiger partial charge in [-0.05, 0) is 29.3 Å². The van der Waals surface area contributed by atoms with Crippen LogP contribution in [0.2, 0.25) is 0 Å². The smallest absolute Gasteiger partial charge is 0.239 e. The van der Waals surface area contributed by atoms with Crippen LogP contribution in [-0.2, 0) is 22.7 Å². The molecule has 2 aromatic rings. The van der Waals surface area contributed by atoms with Crippen LogP contribution in [0.1, 0.15) is 23.1 Å². The minimum atomic E-state index is -0.145. The Morgan fingerprint density at radius 1 is 1.00 bits per heavy atom. The fourth-order valence-electron chi connectivity index (χ4n) is 2.18. The molecule has 130 valence electrons. The summed E-state index contributed by atoms with van der Waals surface area (Å²) in [5, 5.41) is 9.52. The monoisotopic (exact) mass is 365 g/mol. The van der Waals surface area contributed by atoms with E-state index in [1.165, 1.54) is 9.75 Å². The maximum absolute atomic E-state index is 12.2. The van der Waals surface area contributed by atoms with Gasteiger partial charge in [-0.1, -0.05) is 19.1 Å². The predicted molar refractivity (Wildman–Crippen MR) is 99.1 cm³/mol. The first kappa shape index (κ1) is 18.6. The van der Waals surface area contributed by atoms with E-state index in [4.69, 9.17) is 0 Å². The maximum Gasteiger partial charge on any atom is 0.239 e. The van der Waals surface area contributed by atoms with Crippen LogP contribution in [0.3, 0.4) is 0 Å². The Bertz CT molecular complexity index is 576. The average molecular weight is 366 g/mol. The number of hydrogen-bond acceptors (Lipinski definition) is 5. The Morgan fingerprint density at radius 2 is 1.62 bits per heavy atom. The molecule has 0 radical (unpaired) electrons. The van der Waals surface area contributed by atoms with E-state index in [9.17, 15) is 9.59 Å². The Labute approximate surface area is 150 Å². The zero-order valence-electron chi connectivity index (χ0n) is 13.8. The molecule has 2 aromatic heterocycles. The molecular weight excluding hydrogens is 342 g/mol. The molecule has 2 N–H and O–H groups in total. The van der Waals surface area contributed by atoms with E-state index in [0.717, 1.165) is 19.5 Å². The number of carbonyl (C=O) groups excluding carboxylic acids is 2. The SMILES string of the molecule is CCCNC(=O)CNC(=O)CN(Cc1cccs1)Cc1cccs1. The lowest BCUT2D eigenvalue weighted by Gasteiger charge is -2.20. The van der Waals surface area contributed by atoms with Crippen LogP contribution in [0.25, 0.3) is 0 Å². The first-order valence-electron chi connectivity index (χ1n) is 7.98. The maximum atomic E-state index is 12.2. The Kier molecular flexibility index (Phi) is 7.94. The lowest BCUT2D eigenvalue weighted by Crippen LogP contribution is -2.41. The van der Waals surface area contributed by atoms with E-state index in [0.29, 0.717) is 6.54 Å². The average Bonchev–Trinajstić information content (AvgIpc) is 3.24. The van der Waals surface area contributed by atoms with Crippen molar-refractivity contribution in [2.24, 2.45) is 0 Å². The molecule has 2 rings (SSSR count). The van der Waals surface area contributed by atoms with Crippen molar-refractivity contribution in [3.8, 4) is 0 Å². The van der Waals surface area contributed by atoms with Crippen molar-refractivity contribution in [1.29, 1.82) is 0 Å². The number of amides is 2. The third kappa shape index (κ3) is 6.82. The normalized spacial score (nSPS) is 10.8. The van der Waals surface area contributed by atoms with E-state index in [-0.39, 0.29) is 24.9 Å². The van der Waals surface area contributed by atoms with Crippen molar-refractivity contribution in [1.82, 2.24) is 15.5 Å². The van der Waals surface area contributed by atoms with Gasteiger partial charge in [-0.25, -0.2) is 0 Å². The molecule has 24 heavy (non-hydrogen) atoms. The van der Waals surface area contributed by atoms with E-state index >= 15 is 0 Å². The molecule has 0 aliphatic rings. The number of nitrogens with one attached hydrogen (secondary N) is 2. The molecule has 5 nitrogen and oxygen atoms in total. The van der Waals surface area contributed by atoms with Crippen LogP contribution in [0.15, 0.2) is 35.0 Å². The van der Waals surface area contributed by atoms with Crippen molar-refractivity contribution in [2.75, 3.05) is 19.6 Å². The second-order valence-electron chi connectivity index (χ2n) is 5.43. The Hall–Kier alpha value is -1.70. The van der Waals surface area contributed by atoms with Crippen LogP contribution in [0, 0.1) is 0 Å². The largest absolute Gasteiger partial charge is 0.355 e. The van der Waals surface area contributed by atoms with E-state index in [1.807, 2.05) is 29.8 Å². The number of carbonyl (C=O) groups is 2. The highest BCUT2D eigenvalue weighted by molar-refractivity contribution is 7.10. The van der Waals surface area contributed by atoms with Gasteiger partial charge in [0.25, 0.3) is 0 Å². The molecule has 0 aromatic carbocycles. The molecule has 0 saturated heterocycles. The zero-order chi connectivity index (χ0) is 17.2. The summed E-state index contributed by atoms with van der Waals surface area (Å²) >= 11 is 3.37. The van der Waals surface area contributed by atoms with Crippen molar-refractivity contribution in [3.05, 3.63) is 44.8 Å². The van der Waals surface area contributed by atoms with Gasteiger partial charge in [-0.15, -0.1) is 22.7 Å². The molecule has 0 spiro atoms. The molecule has 0 aliphatic heterocycles. The summed E-state index contributed by atoms with van der Waals surface area (Å²) in [5.74, 6) is -0.275. The number of rotatable bonds is 10. The summed E-state index contributed by atoms with van der Waals surface area (Å²) in [4.78, 5) is 28.3. The van der Waals surface area contributed by atoms with Gasteiger partial charge in [0.05, 0.1) is 13.1 Å². The van der Waals surface area contributed by atoms with Gasteiger partial charge in [0, 0.05) is 29.4 Å². The van der Waals surface area contributed by atoms with Gasteiger partial charge in [-0.3, -0.25) is 14.5 Å². The van der Waals surface area contributed by atoms with E-state index < -0.39 is 0 Å². The third-order valence-electron chi connectivity index (χ3n) is 3.30. The van der Waals surface area contributed by atoms with Gasteiger partial charge in [-0.2, -0.15) is 0 Å². The van der Waals surface area contributed by atoms with Crippen LogP contribution >= 0.6 is 22.7 Å². The third-order valence-corrected chi connectivity index (χ3v) is 5.03. The summed E-state index contributed by atoms with van der Waals surface area (Å²) in [7, 11) is 0. The molecular formula is C17H23N3O2S2. The van der Waals surface area contributed by atoms with Gasteiger partial charge >= 0.3 is 0 Å². The lowest BCUT2D eigenvalue weighted by molar-refractivity contribution is -0.126. The fraction of sp³-hybridized carbons (Fsp3) is 0.412. The van der Waals surface area contributed by atoms with Gasteiger partial charge in [0.2, 0.25) is 11.8 Å². The fourth-order valence-corrected chi connectivity index (χ4v) is 3.67. The summed E-state index contributed by atoms with van der Waals surface area (Å²) in [6.07, 6.45) is 0.884. The summed E-state index contributed by atoms with van der Waals surface area (Å²) in [6.45, 7) is 4.39. The molecule has 0 saturated carbocycles. The summed E-state index contributed by atoms with van der Waals surface area (Å²) < 4.78 is 0. The molecule has 0 atom stereocenters. The number of hydrogen-bond donors (Lipinski definition) is 2. The molecule has 2 amide bonds. The topological polar surface area (TPSA) is 61.4 Å². The highest BCUT2D eigenvalue weighted by Gasteiger charge is 2.14. The van der Waals surface area contributed by atoms with Crippen LogP contribution in [0.5, 0.6) is 0 Å². The summed E-state index contributed by atoms with van der Waals surface area (Å²) in [6, 6.07) is 8.17. The highest BCUT2D eigenvalue weighted by atomic mass is 32.1. The van der Waals surface area contributed by atoms with Gasteiger partial charge < -0.3 is 10.6 Å². The second-order valence-corrected chi connectivity index (χ2v) is 7.50. The van der Waals surface area contributed by atoms with Crippen LogP contribution in [0.4, 0.5) is 0 Å². The quantitative estimate of drug-likeness (QED) is 0.680. The second kappa shape index (κ2) is 10.2. The zero-order valence-corrected chi connectivity index (χ0v) is 15.4. The molecule has 0 bridgehead atoms. The van der Waals surface area contributed by atoms with E-state index in [2.05, 4.69) is 27.7 Å². The van der Waals surface area contributed by atoms with Crippen molar-refractivity contribution < 1.29 is 9.59 Å². The Morgan fingerprint density at radius 3 is 2.12 bits per heavy atom. The Balaban J connectivity index is 1.84. The number of thiophene rings is 2. The first-order valence-corrected chi connectivity index (χ1v) is 9.74. The minimum Gasteiger partial charge on any atom is -0.355 e. The molecule has 7 heteroatoms. The van der Waals surface area contributed by atoms with Crippen molar-refractivity contribution in [3.63, 3.8) is 0 Å². The number of nitrogens with zero attached hydrogens (tertiary/aromatic N) is 1. The predicted octanol–water partition coefficient (Wildman–Crippen LogP) is 2.45. The molecule has 0 unspecified atom stereocenters. The van der Waals surface area contributed by atoms with Crippen LogP contribution < -0.4 is 10.6 Å². The van der Waals surface area contributed by atoms with Crippen LogP contribution in [-0.4, -0.2) is 36.3 Å². The van der Waals surface area contributed by atoms with Crippen molar-refractivity contribution >= 4 is 34.5 Å². The van der Waals surface area contributed by atoms with Crippen molar-refractivity contribution in [2.45, 2.75) is 26.4 Å². The lowest BCUT2D eigenvalue weighted by atomic mass is 10.3. The van der Waals surface area contributed by atoms with E-state index in [1.54, 1.807) is 22.7 Å². The standard InChI is InChI=1S/C17H23N3O2S2/c1-2-7-18-16(21)10-19-17(22)13-20(11-14-5-3-8-23-14)12-15-6-4-9-24-15/h3-6,8-9H,2,7,10-13H2,1H3,(H,18,21)(H,19,22). The molecule has 2 heterocycles. The first-order chi connectivity index (χ1) is 11.7. The van der Waals surface area contributed by atoms with Gasteiger partial charge in [0.1, 0.15) is 0 Å². The van der Waals surface area contributed by atoms with Gasteiger partial charge in [0.15, 0.2) is 0 Å². The molecule has 0 aliphatic carbocycles. The summed E-state index contributed by atoms with van der Waals surface area (Å²) in [5.41, 5.74) is 0. The minimum absolute atomic E-state index is 0.0324. The highest BCUT2D eigenvalue weighted by Crippen LogP contribution is 2.16. The molecule has 0 fully saturated rings.